The molecule has 2 unspecified atom stereocenters. The Bertz CT molecular complexity index is 456. The highest BCUT2D eigenvalue weighted by Gasteiger charge is 2.57. The van der Waals surface area contributed by atoms with Gasteiger partial charge in [0.15, 0.2) is 0 Å². The maximum Gasteiger partial charge on any atom is 0.410 e. The van der Waals surface area contributed by atoms with Gasteiger partial charge in [0.2, 0.25) is 0 Å². The monoisotopic (exact) mass is 327 g/mol. The van der Waals surface area contributed by atoms with Crippen LogP contribution in [0.25, 0.3) is 0 Å². The third kappa shape index (κ3) is 3.82. The number of aliphatic hydroxyl groups is 2. The van der Waals surface area contributed by atoms with Gasteiger partial charge in [-0.25, -0.2) is 4.79 Å². The highest BCUT2D eigenvalue weighted by atomic mass is 16.6. The van der Waals surface area contributed by atoms with Gasteiger partial charge in [0.05, 0.1) is 12.2 Å². The van der Waals surface area contributed by atoms with Crippen LogP contribution < -0.4 is 0 Å². The van der Waals surface area contributed by atoms with Gasteiger partial charge in [-0.1, -0.05) is 13.8 Å². The molecule has 1 aliphatic heterocycles. The summed E-state index contributed by atoms with van der Waals surface area (Å²) in [5, 5.41) is 21.4. The summed E-state index contributed by atoms with van der Waals surface area (Å²) in [7, 11) is 0. The molecule has 0 aromatic carbocycles. The van der Waals surface area contributed by atoms with Gasteiger partial charge in [-0.2, -0.15) is 0 Å². The van der Waals surface area contributed by atoms with E-state index >= 15 is 0 Å². The number of hydrogen-bond donors (Lipinski definition) is 2. The minimum atomic E-state index is -0.911. The molecular weight excluding hydrogens is 294 g/mol. The second kappa shape index (κ2) is 5.92. The van der Waals surface area contributed by atoms with Crippen molar-refractivity contribution in [1.29, 1.82) is 0 Å². The fraction of sp³-hybridized carbons (Fsp3) is 0.944. The van der Waals surface area contributed by atoms with Crippen LogP contribution in [0.1, 0.15) is 66.7 Å². The molecule has 1 aliphatic carbocycles. The zero-order valence-electron chi connectivity index (χ0n) is 15.3. The fourth-order valence-electron chi connectivity index (χ4n) is 4.24. The van der Waals surface area contributed by atoms with Gasteiger partial charge < -0.3 is 19.8 Å². The Hall–Kier alpha value is -0.810. The molecule has 23 heavy (non-hydrogen) atoms. The van der Waals surface area contributed by atoms with Crippen molar-refractivity contribution in [2.24, 2.45) is 10.8 Å². The summed E-state index contributed by atoms with van der Waals surface area (Å²) in [5.74, 6) is 0. The highest BCUT2D eigenvalue weighted by molar-refractivity contribution is 5.68. The number of hydrogen-bond acceptors (Lipinski definition) is 4. The van der Waals surface area contributed by atoms with E-state index in [-0.39, 0.29) is 18.1 Å². The average molecular weight is 327 g/mol. The first-order valence-corrected chi connectivity index (χ1v) is 8.73. The van der Waals surface area contributed by atoms with Crippen molar-refractivity contribution in [3.63, 3.8) is 0 Å². The summed E-state index contributed by atoms with van der Waals surface area (Å²) >= 11 is 0. The number of rotatable bonds is 2. The molecule has 2 atom stereocenters. The van der Waals surface area contributed by atoms with Gasteiger partial charge in [-0.3, -0.25) is 0 Å². The number of piperidine rings is 1. The summed E-state index contributed by atoms with van der Waals surface area (Å²) in [6, 6.07) is 0. The van der Waals surface area contributed by atoms with Crippen molar-refractivity contribution in [3.8, 4) is 0 Å². The minimum absolute atomic E-state index is 0.0745. The van der Waals surface area contributed by atoms with E-state index in [4.69, 9.17) is 4.74 Å². The first kappa shape index (κ1) is 18.5. The summed E-state index contributed by atoms with van der Waals surface area (Å²) in [5.41, 5.74) is -2.02. The van der Waals surface area contributed by atoms with Gasteiger partial charge in [0, 0.05) is 18.5 Å². The molecule has 1 heterocycles. The molecule has 1 amide bonds. The second-order valence-corrected chi connectivity index (χ2v) is 9.32. The van der Waals surface area contributed by atoms with Crippen LogP contribution in [0.3, 0.4) is 0 Å². The third-order valence-corrected chi connectivity index (χ3v) is 5.50. The lowest BCUT2D eigenvalue weighted by Gasteiger charge is -2.50. The standard InChI is InChI=1S/C18H33NO4/c1-15(2,3)23-14(21)19-10-6-7-17(12-19,13-20)18(22)9-8-16(4,5)11-18/h20,22H,6-13H2,1-5H3. The molecule has 1 saturated carbocycles. The van der Waals surface area contributed by atoms with Crippen molar-refractivity contribution in [2.45, 2.75) is 77.9 Å². The minimum Gasteiger partial charge on any atom is -0.444 e. The Balaban J connectivity index is 2.18. The van der Waals surface area contributed by atoms with E-state index in [9.17, 15) is 15.0 Å². The Kier molecular flexibility index (Phi) is 4.77. The molecule has 0 spiro atoms. The van der Waals surface area contributed by atoms with Crippen molar-refractivity contribution in [1.82, 2.24) is 4.90 Å². The molecule has 5 nitrogen and oxygen atoms in total. The maximum absolute atomic E-state index is 12.4. The third-order valence-electron chi connectivity index (χ3n) is 5.50. The normalized spacial score (nSPS) is 34.5. The number of carbonyl (C=O) groups excluding carboxylic acids is 1. The van der Waals surface area contributed by atoms with Crippen LogP contribution in [0, 0.1) is 10.8 Å². The maximum atomic E-state index is 12.4. The van der Waals surface area contributed by atoms with E-state index < -0.39 is 16.6 Å². The number of ether oxygens (including phenoxy) is 1. The lowest BCUT2D eigenvalue weighted by Crippen LogP contribution is -2.59. The summed E-state index contributed by atoms with van der Waals surface area (Å²) in [4.78, 5) is 14.1. The van der Waals surface area contributed by atoms with E-state index in [1.54, 1.807) is 4.90 Å². The van der Waals surface area contributed by atoms with Crippen LogP contribution in [0.5, 0.6) is 0 Å². The van der Waals surface area contributed by atoms with Gasteiger partial charge in [0.1, 0.15) is 5.60 Å². The lowest BCUT2D eigenvalue weighted by atomic mass is 9.65. The fourth-order valence-corrected chi connectivity index (χ4v) is 4.24. The second-order valence-electron chi connectivity index (χ2n) is 9.32. The number of nitrogens with zero attached hydrogens (tertiary/aromatic N) is 1. The number of amides is 1. The van der Waals surface area contributed by atoms with Gasteiger partial charge in [-0.15, -0.1) is 0 Å². The van der Waals surface area contributed by atoms with E-state index in [0.29, 0.717) is 25.9 Å². The zero-order chi connectivity index (χ0) is 17.5. The summed E-state index contributed by atoms with van der Waals surface area (Å²) in [6.45, 7) is 10.7. The molecule has 0 aromatic heterocycles. The molecule has 1 saturated heterocycles. The Labute approximate surface area is 140 Å². The first-order valence-electron chi connectivity index (χ1n) is 8.73. The molecule has 2 rings (SSSR count). The Morgan fingerprint density at radius 3 is 2.35 bits per heavy atom. The van der Waals surface area contributed by atoms with Gasteiger partial charge in [-0.05, 0) is 58.3 Å². The largest absolute Gasteiger partial charge is 0.444 e. The van der Waals surface area contributed by atoms with Crippen LogP contribution in [0.2, 0.25) is 0 Å². The van der Waals surface area contributed by atoms with Gasteiger partial charge >= 0.3 is 6.09 Å². The Morgan fingerprint density at radius 1 is 1.22 bits per heavy atom. The number of carbonyl (C=O) groups is 1. The molecule has 5 heteroatoms. The van der Waals surface area contributed by atoms with E-state index in [1.165, 1.54) is 0 Å². The molecule has 2 N–H and O–H groups in total. The molecule has 0 bridgehead atoms. The topological polar surface area (TPSA) is 70.0 Å². The first-order chi connectivity index (χ1) is 10.4. The van der Waals surface area contributed by atoms with Crippen molar-refractivity contribution >= 4 is 6.09 Å². The van der Waals surface area contributed by atoms with E-state index in [2.05, 4.69) is 13.8 Å². The SMILES string of the molecule is CC1(C)CCC(O)(C2(CO)CCCN(C(=O)OC(C)(C)C)C2)C1. The molecule has 2 aliphatic rings. The van der Waals surface area contributed by atoms with Crippen molar-refractivity contribution in [2.75, 3.05) is 19.7 Å². The molecule has 134 valence electrons. The lowest BCUT2D eigenvalue weighted by molar-refractivity contribution is -0.138. The number of aliphatic hydroxyl groups excluding tert-OH is 1. The summed E-state index contributed by atoms with van der Waals surface area (Å²) < 4.78 is 5.48. The average Bonchev–Trinajstić information content (AvgIpc) is 2.72. The van der Waals surface area contributed by atoms with Crippen LogP contribution in [-0.2, 0) is 4.74 Å². The van der Waals surface area contributed by atoms with Crippen molar-refractivity contribution < 1.29 is 19.7 Å². The van der Waals surface area contributed by atoms with Crippen molar-refractivity contribution in [3.05, 3.63) is 0 Å². The quantitative estimate of drug-likeness (QED) is 0.818. The van der Waals surface area contributed by atoms with Crippen LogP contribution in [0.15, 0.2) is 0 Å². The molecule has 0 radical (unpaired) electrons. The predicted octanol–water partition coefficient (Wildman–Crippen LogP) is 2.94. The van der Waals surface area contributed by atoms with Crippen LogP contribution >= 0.6 is 0 Å². The van der Waals surface area contributed by atoms with Crippen LogP contribution in [0.4, 0.5) is 4.79 Å². The molecule has 0 aromatic rings. The van der Waals surface area contributed by atoms with E-state index in [1.807, 2.05) is 20.8 Å². The van der Waals surface area contributed by atoms with Gasteiger partial charge in [0.25, 0.3) is 0 Å². The molecular formula is C18H33NO4. The van der Waals surface area contributed by atoms with Crippen LogP contribution in [-0.4, -0.2) is 52.1 Å². The highest BCUT2D eigenvalue weighted by Crippen LogP contribution is 2.54. The molecule has 2 fully saturated rings. The van der Waals surface area contributed by atoms with E-state index in [0.717, 1.165) is 19.3 Å². The smallest absolute Gasteiger partial charge is 0.410 e. The number of likely N-dealkylation sites (tertiary alicyclic amines) is 1. The Morgan fingerprint density at radius 2 is 1.87 bits per heavy atom. The summed E-state index contributed by atoms with van der Waals surface area (Å²) in [6.07, 6.45) is 3.47. The zero-order valence-corrected chi connectivity index (χ0v) is 15.3. The predicted molar refractivity (Wildman–Crippen MR) is 89.1 cm³/mol.